The summed E-state index contributed by atoms with van der Waals surface area (Å²) in [5.41, 5.74) is 12.0. The van der Waals surface area contributed by atoms with E-state index in [1.807, 2.05) is 24.4 Å². The Hall–Kier alpha value is -3.91. The van der Waals surface area contributed by atoms with E-state index >= 15 is 0 Å². The van der Waals surface area contributed by atoms with Gasteiger partial charge >= 0.3 is 0 Å². The summed E-state index contributed by atoms with van der Waals surface area (Å²) < 4.78 is 1.71. The summed E-state index contributed by atoms with van der Waals surface area (Å²) in [6, 6.07) is 18.4. The Bertz CT molecular complexity index is 1420. The molecule has 0 bridgehead atoms. The molecule has 0 spiro atoms. The first kappa shape index (κ1) is 25.4. The fraction of sp³-hybridized carbons (Fsp3) is 0.387. The summed E-state index contributed by atoms with van der Waals surface area (Å²) in [5.74, 6) is 0.530. The molecule has 1 saturated heterocycles. The number of aromatic nitrogens is 3. The van der Waals surface area contributed by atoms with E-state index in [0.717, 1.165) is 66.6 Å². The third-order valence-corrected chi connectivity index (χ3v) is 8.13. The molecule has 8 heteroatoms. The molecule has 0 atom stereocenters. The Kier molecular flexibility index (Phi) is 7.45. The fourth-order valence-electron chi connectivity index (χ4n) is 5.75. The molecule has 0 radical (unpaired) electrons. The standard InChI is InChI=1S/C31H37N7O/c32-24-13-16-37(17-14-24)27-8-4-7-26(19-27)35-31(39)29-15-18-38-30(36-29)28(21-34-38)23-9-11-25(12-10-23)33-20-22-5-2-1-3-6-22/h4,7-12,15,18-19,21-22,24,33H,1-3,5-6,13-14,16-17,20,32H2,(H,35,39). The minimum Gasteiger partial charge on any atom is -0.385 e. The molecule has 4 aromatic rings. The monoisotopic (exact) mass is 523 g/mol. The van der Waals surface area contributed by atoms with Crippen molar-refractivity contribution in [3.8, 4) is 11.1 Å². The smallest absolute Gasteiger partial charge is 0.274 e. The molecule has 39 heavy (non-hydrogen) atoms. The maximum atomic E-state index is 13.2. The zero-order valence-corrected chi connectivity index (χ0v) is 22.4. The van der Waals surface area contributed by atoms with Crippen LogP contribution >= 0.6 is 0 Å². The van der Waals surface area contributed by atoms with E-state index in [1.54, 1.807) is 16.8 Å². The predicted molar refractivity (Wildman–Crippen MR) is 157 cm³/mol. The number of piperidine rings is 1. The van der Waals surface area contributed by atoms with E-state index < -0.39 is 0 Å². The maximum absolute atomic E-state index is 13.2. The van der Waals surface area contributed by atoms with Gasteiger partial charge in [0.1, 0.15) is 5.69 Å². The molecule has 2 fully saturated rings. The molecule has 0 unspecified atom stereocenters. The highest BCUT2D eigenvalue weighted by Crippen LogP contribution is 2.27. The molecular weight excluding hydrogens is 486 g/mol. The molecule has 1 aliphatic heterocycles. The highest BCUT2D eigenvalue weighted by atomic mass is 16.1. The Morgan fingerprint density at radius 1 is 0.949 bits per heavy atom. The van der Waals surface area contributed by atoms with Gasteiger partial charge in [0.05, 0.1) is 6.20 Å². The molecule has 8 nitrogen and oxygen atoms in total. The highest BCUT2D eigenvalue weighted by Gasteiger charge is 2.18. The first-order valence-corrected chi connectivity index (χ1v) is 14.2. The number of hydrogen-bond donors (Lipinski definition) is 3. The normalized spacial score (nSPS) is 16.9. The van der Waals surface area contributed by atoms with Crippen LogP contribution in [0.2, 0.25) is 0 Å². The van der Waals surface area contributed by atoms with Crippen LogP contribution in [0.3, 0.4) is 0 Å². The quantitative estimate of drug-likeness (QED) is 0.293. The van der Waals surface area contributed by atoms with Gasteiger partial charge in [-0.3, -0.25) is 4.79 Å². The molecule has 1 amide bonds. The molecule has 4 N–H and O–H groups in total. The number of carbonyl (C=O) groups excluding carboxylic acids is 1. The summed E-state index contributed by atoms with van der Waals surface area (Å²) in [6.45, 7) is 2.89. The summed E-state index contributed by atoms with van der Waals surface area (Å²) in [6.07, 6.45) is 12.3. The van der Waals surface area contributed by atoms with Crippen molar-refractivity contribution in [1.29, 1.82) is 0 Å². The van der Waals surface area contributed by atoms with Gasteiger partial charge in [-0.1, -0.05) is 37.5 Å². The van der Waals surface area contributed by atoms with Crippen molar-refractivity contribution in [2.24, 2.45) is 11.7 Å². The zero-order chi connectivity index (χ0) is 26.6. The molecule has 2 aromatic carbocycles. The topological polar surface area (TPSA) is 101 Å². The van der Waals surface area contributed by atoms with E-state index in [9.17, 15) is 4.79 Å². The third-order valence-electron chi connectivity index (χ3n) is 8.13. The number of amides is 1. The van der Waals surface area contributed by atoms with Crippen LogP contribution < -0.4 is 21.3 Å². The zero-order valence-electron chi connectivity index (χ0n) is 22.4. The molecule has 2 aliphatic rings. The molecule has 1 saturated carbocycles. The predicted octanol–water partition coefficient (Wildman–Crippen LogP) is 5.57. The Morgan fingerprint density at radius 3 is 2.54 bits per heavy atom. The van der Waals surface area contributed by atoms with Crippen LogP contribution in [0, 0.1) is 5.92 Å². The van der Waals surface area contributed by atoms with Crippen LogP contribution in [-0.4, -0.2) is 46.2 Å². The average Bonchev–Trinajstić information content (AvgIpc) is 3.41. The van der Waals surface area contributed by atoms with Crippen LogP contribution in [0.5, 0.6) is 0 Å². The number of nitrogens with one attached hydrogen (secondary N) is 2. The number of fused-ring (bicyclic) bond motifs is 1. The van der Waals surface area contributed by atoms with Crippen molar-refractivity contribution in [2.75, 3.05) is 35.2 Å². The first-order chi connectivity index (χ1) is 19.1. The van der Waals surface area contributed by atoms with Crippen molar-refractivity contribution in [3.05, 3.63) is 72.7 Å². The lowest BCUT2D eigenvalue weighted by atomic mass is 9.89. The number of rotatable bonds is 7. The second kappa shape index (κ2) is 11.5. The molecule has 202 valence electrons. The second-order valence-corrected chi connectivity index (χ2v) is 10.9. The third kappa shape index (κ3) is 5.91. The van der Waals surface area contributed by atoms with Gasteiger partial charge in [-0.15, -0.1) is 0 Å². The summed E-state index contributed by atoms with van der Waals surface area (Å²) in [5, 5.41) is 11.1. The summed E-state index contributed by atoms with van der Waals surface area (Å²) >= 11 is 0. The van der Waals surface area contributed by atoms with Crippen LogP contribution in [0.1, 0.15) is 55.4 Å². The van der Waals surface area contributed by atoms with Crippen molar-refractivity contribution in [1.82, 2.24) is 14.6 Å². The van der Waals surface area contributed by atoms with Gasteiger partial charge in [0.25, 0.3) is 5.91 Å². The largest absolute Gasteiger partial charge is 0.385 e. The minimum absolute atomic E-state index is 0.246. The van der Waals surface area contributed by atoms with E-state index in [4.69, 9.17) is 10.7 Å². The highest BCUT2D eigenvalue weighted by molar-refractivity contribution is 6.03. The Morgan fingerprint density at radius 2 is 1.74 bits per heavy atom. The molecule has 2 aromatic heterocycles. The molecule has 3 heterocycles. The van der Waals surface area contributed by atoms with Gasteiger partial charge in [-0.2, -0.15) is 5.10 Å². The van der Waals surface area contributed by atoms with Gasteiger partial charge in [0.15, 0.2) is 5.65 Å². The second-order valence-electron chi connectivity index (χ2n) is 10.9. The maximum Gasteiger partial charge on any atom is 0.274 e. The number of nitrogens with zero attached hydrogens (tertiary/aromatic N) is 4. The van der Waals surface area contributed by atoms with Crippen LogP contribution in [0.25, 0.3) is 16.8 Å². The SMILES string of the molecule is NC1CCN(c2cccc(NC(=O)c3ccn4ncc(-c5ccc(NCC6CCCCC6)cc5)c4n3)c2)CC1. The lowest BCUT2D eigenvalue weighted by Crippen LogP contribution is -2.39. The number of anilines is 3. The minimum atomic E-state index is -0.246. The van der Waals surface area contributed by atoms with E-state index in [-0.39, 0.29) is 11.9 Å². The summed E-state index contributed by atoms with van der Waals surface area (Å²) in [7, 11) is 0. The van der Waals surface area contributed by atoms with Gasteiger partial charge in [-0.25, -0.2) is 9.50 Å². The lowest BCUT2D eigenvalue weighted by Gasteiger charge is -2.32. The first-order valence-electron chi connectivity index (χ1n) is 14.2. The molecule has 1 aliphatic carbocycles. The van der Waals surface area contributed by atoms with Crippen molar-refractivity contribution < 1.29 is 4.79 Å². The molecular formula is C31H37N7O. The number of benzene rings is 2. The van der Waals surface area contributed by atoms with Crippen LogP contribution in [-0.2, 0) is 0 Å². The van der Waals surface area contributed by atoms with Crippen LogP contribution in [0.15, 0.2) is 67.0 Å². The number of nitrogens with two attached hydrogens (primary N) is 1. The van der Waals surface area contributed by atoms with Crippen molar-refractivity contribution in [3.63, 3.8) is 0 Å². The van der Waals surface area contributed by atoms with Gasteiger partial charge in [-0.05, 0) is 73.6 Å². The number of hydrogen-bond acceptors (Lipinski definition) is 6. The van der Waals surface area contributed by atoms with Gasteiger partial charge in [0, 0.05) is 54.5 Å². The van der Waals surface area contributed by atoms with E-state index in [0.29, 0.717) is 11.3 Å². The van der Waals surface area contributed by atoms with E-state index in [1.165, 1.54) is 32.1 Å². The van der Waals surface area contributed by atoms with Gasteiger partial charge in [0.2, 0.25) is 0 Å². The Balaban J connectivity index is 1.15. The van der Waals surface area contributed by atoms with E-state index in [2.05, 4.69) is 51.0 Å². The lowest BCUT2D eigenvalue weighted by molar-refractivity contribution is 0.102. The van der Waals surface area contributed by atoms with Crippen molar-refractivity contribution >= 4 is 28.6 Å². The van der Waals surface area contributed by atoms with Crippen LogP contribution in [0.4, 0.5) is 17.1 Å². The van der Waals surface area contributed by atoms with Gasteiger partial charge < -0.3 is 21.3 Å². The number of carbonyl (C=O) groups is 1. The average molecular weight is 524 g/mol. The fourth-order valence-corrected chi connectivity index (χ4v) is 5.75. The van der Waals surface area contributed by atoms with Crippen molar-refractivity contribution in [2.45, 2.75) is 51.0 Å². The Labute approximate surface area is 229 Å². The summed E-state index contributed by atoms with van der Waals surface area (Å²) in [4.78, 5) is 20.2. The molecule has 6 rings (SSSR count).